The van der Waals surface area contributed by atoms with E-state index in [4.69, 9.17) is 25.8 Å². The van der Waals surface area contributed by atoms with Crippen molar-refractivity contribution in [2.24, 2.45) is 5.92 Å². The molecule has 0 unspecified atom stereocenters. The van der Waals surface area contributed by atoms with Crippen LogP contribution in [0.5, 0.6) is 5.75 Å². The largest absolute Gasteiger partial charge is 0.488 e. The van der Waals surface area contributed by atoms with Crippen molar-refractivity contribution < 1.29 is 28.6 Å². The zero-order valence-corrected chi connectivity index (χ0v) is 22.2. The number of ether oxygens (including phenoxy) is 3. The number of pyridine rings is 1. The number of likely N-dealkylation sites (tertiary alicyclic amines) is 1. The quantitative estimate of drug-likeness (QED) is 0.421. The van der Waals surface area contributed by atoms with Crippen LogP contribution < -0.4 is 10.1 Å². The second kappa shape index (κ2) is 10.2. The molecule has 2 fully saturated rings. The van der Waals surface area contributed by atoms with Crippen molar-refractivity contribution in [3.05, 3.63) is 48.1 Å². The highest BCUT2D eigenvalue weighted by Crippen LogP contribution is 2.45. The molecule has 4 rings (SSSR count). The number of carbonyl (C=O) groups is 3. The van der Waals surface area contributed by atoms with E-state index in [2.05, 4.69) is 16.9 Å². The van der Waals surface area contributed by atoms with E-state index in [0.717, 1.165) is 5.39 Å². The van der Waals surface area contributed by atoms with Gasteiger partial charge in [0.05, 0.1) is 18.7 Å². The molecule has 2 heterocycles. The van der Waals surface area contributed by atoms with E-state index in [-0.39, 0.29) is 25.5 Å². The van der Waals surface area contributed by atoms with Crippen LogP contribution in [0.15, 0.2) is 43.1 Å². The van der Waals surface area contributed by atoms with Gasteiger partial charge in [0.25, 0.3) is 0 Å². The van der Waals surface area contributed by atoms with E-state index in [1.807, 2.05) is 6.07 Å². The van der Waals surface area contributed by atoms with Crippen LogP contribution >= 0.6 is 11.6 Å². The Bertz CT molecular complexity index is 1230. The summed E-state index contributed by atoms with van der Waals surface area (Å²) in [4.78, 5) is 45.0. The number of halogens is 1. The smallest absolute Gasteiger partial charge is 0.411 e. The van der Waals surface area contributed by atoms with Gasteiger partial charge < -0.3 is 19.5 Å². The Balaban J connectivity index is 1.57. The molecule has 2 amide bonds. The summed E-state index contributed by atoms with van der Waals surface area (Å²) < 4.78 is 17.1. The van der Waals surface area contributed by atoms with Crippen LogP contribution in [0.1, 0.15) is 40.5 Å². The number of esters is 1. The zero-order chi connectivity index (χ0) is 27.0. The van der Waals surface area contributed by atoms with Crippen molar-refractivity contribution in [2.75, 3.05) is 13.2 Å². The standard InChI is InChI=1S/C27H32ClN3O6/c1-6-16-14-27(16,24(33)35-7-2)30-23(32)21-13-18(15-31(21)25(34)37-26(3,4)5)36-22-10-11-29-20-12-17(28)8-9-19(20)22/h6,8-12,16,18,21H,1,7,13-15H2,2-5H3,(H,30,32)/t16-,18+,21-,27+/m0/s1. The van der Waals surface area contributed by atoms with Crippen molar-refractivity contribution in [1.82, 2.24) is 15.2 Å². The minimum absolute atomic E-state index is 0.127. The minimum atomic E-state index is -1.17. The van der Waals surface area contributed by atoms with E-state index in [0.29, 0.717) is 22.7 Å². The third kappa shape index (κ3) is 5.66. The highest BCUT2D eigenvalue weighted by molar-refractivity contribution is 6.31. The summed E-state index contributed by atoms with van der Waals surface area (Å²) in [5.74, 6) is -0.659. The summed E-state index contributed by atoms with van der Waals surface area (Å²) in [7, 11) is 0. The molecule has 1 saturated heterocycles. The summed E-state index contributed by atoms with van der Waals surface area (Å²) >= 11 is 6.10. The number of amides is 2. The van der Waals surface area contributed by atoms with Crippen molar-refractivity contribution in [3.8, 4) is 5.75 Å². The second-order valence-electron chi connectivity index (χ2n) is 10.3. The van der Waals surface area contributed by atoms with Crippen LogP contribution in [0.25, 0.3) is 10.9 Å². The molecule has 10 heteroatoms. The van der Waals surface area contributed by atoms with E-state index in [9.17, 15) is 14.4 Å². The Kier molecular flexibility index (Phi) is 7.37. The van der Waals surface area contributed by atoms with Gasteiger partial charge in [0.1, 0.15) is 29.0 Å². The fraction of sp³-hybridized carbons (Fsp3) is 0.481. The first kappa shape index (κ1) is 26.7. The molecule has 1 aromatic carbocycles. The van der Waals surface area contributed by atoms with Crippen molar-refractivity contribution in [1.29, 1.82) is 0 Å². The predicted molar refractivity (Wildman–Crippen MR) is 138 cm³/mol. The lowest BCUT2D eigenvalue weighted by Crippen LogP contribution is -2.53. The summed E-state index contributed by atoms with van der Waals surface area (Å²) in [6, 6.07) is 6.13. The van der Waals surface area contributed by atoms with E-state index in [1.54, 1.807) is 58.2 Å². The normalized spacial score (nSPS) is 24.9. The zero-order valence-electron chi connectivity index (χ0n) is 21.5. The number of carbonyl (C=O) groups excluding carboxylic acids is 3. The molecule has 198 valence electrons. The van der Waals surface area contributed by atoms with Gasteiger partial charge in [0, 0.05) is 28.9 Å². The Morgan fingerprint density at radius 1 is 1.30 bits per heavy atom. The maximum atomic E-state index is 13.5. The summed E-state index contributed by atoms with van der Waals surface area (Å²) in [6.45, 7) is 11.1. The molecule has 9 nitrogen and oxygen atoms in total. The van der Waals surface area contributed by atoms with Gasteiger partial charge in [-0.1, -0.05) is 17.7 Å². The number of aromatic nitrogens is 1. The number of nitrogens with one attached hydrogen (secondary N) is 1. The first-order chi connectivity index (χ1) is 17.5. The number of benzene rings is 1. The van der Waals surface area contributed by atoms with Gasteiger partial charge in [-0.25, -0.2) is 9.59 Å². The van der Waals surface area contributed by atoms with Gasteiger partial charge in [-0.15, -0.1) is 6.58 Å². The molecule has 1 aromatic heterocycles. The fourth-order valence-corrected chi connectivity index (χ4v) is 4.76. The predicted octanol–water partition coefficient (Wildman–Crippen LogP) is 4.27. The van der Waals surface area contributed by atoms with Gasteiger partial charge in [-0.05, 0) is 58.4 Å². The maximum Gasteiger partial charge on any atom is 0.411 e. The molecule has 0 bridgehead atoms. The molecule has 1 saturated carbocycles. The first-order valence-corrected chi connectivity index (χ1v) is 12.7. The molecule has 1 aliphatic heterocycles. The Hall–Kier alpha value is -3.33. The minimum Gasteiger partial charge on any atom is -0.488 e. The van der Waals surface area contributed by atoms with Crippen LogP contribution in [-0.4, -0.2) is 64.3 Å². The van der Waals surface area contributed by atoms with E-state index < -0.39 is 41.3 Å². The average molecular weight is 530 g/mol. The van der Waals surface area contributed by atoms with Crippen LogP contribution in [0.2, 0.25) is 5.02 Å². The van der Waals surface area contributed by atoms with Gasteiger partial charge in [-0.3, -0.25) is 14.7 Å². The third-order valence-corrected chi connectivity index (χ3v) is 6.67. The van der Waals surface area contributed by atoms with Gasteiger partial charge >= 0.3 is 12.1 Å². The first-order valence-electron chi connectivity index (χ1n) is 12.3. The molecule has 4 atom stereocenters. The van der Waals surface area contributed by atoms with Crippen molar-refractivity contribution in [2.45, 2.75) is 63.8 Å². The highest BCUT2D eigenvalue weighted by Gasteiger charge is 2.62. The highest BCUT2D eigenvalue weighted by atomic mass is 35.5. The topological polar surface area (TPSA) is 107 Å². The Morgan fingerprint density at radius 3 is 2.70 bits per heavy atom. The average Bonchev–Trinajstić information content (AvgIpc) is 3.37. The molecule has 0 radical (unpaired) electrons. The van der Waals surface area contributed by atoms with Crippen molar-refractivity contribution in [3.63, 3.8) is 0 Å². The number of hydrogen-bond acceptors (Lipinski definition) is 7. The van der Waals surface area contributed by atoms with Gasteiger partial charge in [0.15, 0.2) is 0 Å². The lowest BCUT2D eigenvalue weighted by Gasteiger charge is -2.28. The molecule has 37 heavy (non-hydrogen) atoms. The van der Waals surface area contributed by atoms with Gasteiger partial charge in [-0.2, -0.15) is 0 Å². The number of rotatable bonds is 7. The SMILES string of the molecule is C=C[C@H]1C[C@]1(NC(=O)[C@@H]1C[C@@H](Oc2ccnc3cc(Cl)ccc23)CN1C(=O)OC(C)(C)C)C(=O)OCC. The Morgan fingerprint density at radius 2 is 2.05 bits per heavy atom. The van der Waals surface area contributed by atoms with E-state index in [1.165, 1.54) is 4.90 Å². The number of nitrogens with zero attached hydrogens (tertiary/aromatic N) is 2. The molecular weight excluding hydrogens is 498 g/mol. The Labute approximate surface area is 221 Å². The lowest BCUT2D eigenvalue weighted by molar-refractivity contribution is -0.149. The second-order valence-corrected chi connectivity index (χ2v) is 10.8. The summed E-state index contributed by atoms with van der Waals surface area (Å²) in [5.41, 5.74) is -1.26. The fourth-order valence-electron chi connectivity index (χ4n) is 4.60. The molecule has 2 aliphatic rings. The molecule has 0 spiro atoms. The van der Waals surface area contributed by atoms with Gasteiger partial charge in [0.2, 0.25) is 5.91 Å². The molecule has 2 aromatic rings. The summed E-state index contributed by atoms with van der Waals surface area (Å²) in [6.07, 6.45) is 2.71. The molecule has 1 aliphatic carbocycles. The number of hydrogen-bond donors (Lipinski definition) is 1. The number of fused-ring (bicyclic) bond motifs is 1. The van der Waals surface area contributed by atoms with Crippen LogP contribution in [0, 0.1) is 5.92 Å². The lowest BCUT2D eigenvalue weighted by atomic mass is 10.1. The maximum absolute atomic E-state index is 13.5. The van der Waals surface area contributed by atoms with Crippen molar-refractivity contribution >= 4 is 40.5 Å². The third-order valence-electron chi connectivity index (χ3n) is 6.44. The van der Waals surface area contributed by atoms with Crippen LogP contribution in [-0.2, 0) is 19.1 Å². The monoisotopic (exact) mass is 529 g/mol. The molecular formula is C27H32ClN3O6. The molecule has 1 N–H and O–H groups in total. The van der Waals surface area contributed by atoms with Crippen LogP contribution in [0.4, 0.5) is 4.79 Å². The summed E-state index contributed by atoms with van der Waals surface area (Å²) in [5, 5.41) is 4.16. The van der Waals surface area contributed by atoms with E-state index >= 15 is 0 Å². The van der Waals surface area contributed by atoms with Crippen LogP contribution in [0.3, 0.4) is 0 Å².